The van der Waals surface area contributed by atoms with Crippen molar-refractivity contribution < 1.29 is 24.9 Å². The van der Waals surface area contributed by atoms with E-state index in [2.05, 4.69) is 10.1 Å². The molecule has 1 saturated heterocycles. The molecule has 1 fully saturated rings. The molecule has 2 aromatic rings. The molecule has 3 rings (SSSR count). The van der Waals surface area contributed by atoms with Crippen LogP contribution in [-0.4, -0.2) is 60.8 Å². The number of benzene rings is 1. The maximum atomic E-state index is 12.2. The highest BCUT2D eigenvalue weighted by Crippen LogP contribution is 2.28. The predicted octanol–water partition coefficient (Wildman–Crippen LogP) is -0.879. The zero-order chi connectivity index (χ0) is 15.7. The Labute approximate surface area is 125 Å². The van der Waals surface area contributed by atoms with Gasteiger partial charge in [0.05, 0.1) is 6.61 Å². The summed E-state index contributed by atoms with van der Waals surface area (Å²) in [6.45, 7) is -0.431. The van der Waals surface area contributed by atoms with Gasteiger partial charge in [-0.2, -0.15) is 0 Å². The van der Waals surface area contributed by atoms with Gasteiger partial charge in [-0.25, -0.2) is 9.67 Å². The van der Waals surface area contributed by atoms with Crippen molar-refractivity contribution in [2.24, 2.45) is 0 Å². The van der Waals surface area contributed by atoms with E-state index in [0.29, 0.717) is 5.56 Å². The number of rotatable bonds is 4. The molecule has 1 aliphatic rings. The van der Waals surface area contributed by atoms with Gasteiger partial charge >= 0.3 is 0 Å². The normalized spacial score (nSPS) is 28.0. The zero-order valence-corrected chi connectivity index (χ0v) is 11.5. The van der Waals surface area contributed by atoms with Crippen LogP contribution >= 0.6 is 0 Å². The molecular weight excluding hydrogens is 290 g/mol. The van der Waals surface area contributed by atoms with Crippen molar-refractivity contribution in [1.29, 1.82) is 0 Å². The molecule has 0 aliphatic carbocycles. The van der Waals surface area contributed by atoms with Crippen LogP contribution in [0.25, 0.3) is 0 Å². The third-order valence-corrected chi connectivity index (χ3v) is 3.53. The summed E-state index contributed by atoms with van der Waals surface area (Å²) in [6.07, 6.45) is -3.16. The Balaban J connectivity index is 1.81. The van der Waals surface area contributed by atoms with E-state index in [1.807, 2.05) is 0 Å². The molecular formula is C14H15N3O5. The highest BCUT2D eigenvalue weighted by atomic mass is 16.6. The monoisotopic (exact) mass is 305 g/mol. The Morgan fingerprint density at radius 1 is 1.23 bits per heavy atom. The number of nitrogens with zero attached hydrogens (tertiary/aromatic N) is 3. The van der Waals surface area contributed by atoms with E-state index in [1.165, 1.54) is 11.0 Å². The molecule has 1 aromatic carbocycles. The van der Waals surface area contributed by atoms with Crippen LogP contribution in [0.4, 0.5) is 0 Å². The lowest BCUT2D eigenvalue weighted by molar-refractivity contribution is -0.0588. The summed E-state index contributed by atoms with van der Waals surface area (Å²) in [5.41, 5.74) is 0.446. The van der Waals surface area contributed by atoms with Crippen molar-refractivity contribution in [3.8, 4) is 0 Å². The molecule has 0 saturated carbocycles. The molecule has 3 N–H and O–H groups in total. The van der Waals surface area contributed by atoms with E-state index >= 15 is 0 Å². The molecule has 1 aliphatic heterocycles. The number of ether oxygens (including phenoxy) is 1. The molecule has 0 amide bonds. The summed E-state index contributed by atoms with van der Waals surface area (Å²) in [4.78, 5) is 16.1. The maximum Gasteiger partial charge on any atom is 0.232 e. The van der Waals surface area contributed by atoms with Crippen LogP contribution < -0.4 is 0 Å². The van der Waals surface area contributed by atoms with Gasteiger partial charge in [0.25, 0.3) is 0 Å². The second kappa shape index (κ2) is 5.93. The minimum absolute atomic E-state index is 0.0380. The van der Waals surface area contributed by atoms with E-state index in [4.69, 9.17) is 9.84 Å². The molecule has 1 unspecified atom stereocenters. The van der Waals surface area contributed by atoms with Crippen LogP contribution in [0.2, 0.25) is 0 Å². The van der Waals surface area contributed by atoms with Crippen LogP contribution in [0.15, 0.2) is 36.7 Å². The van der Waals surface area contributed by atoms with E-state index < -0.39 is 31.1 Å². The maximum absolute atomic E-state index is 12.2. The van der Waals surface area contributed by atoms with Gasteiger partial charge in [0.1, 0.15) is 24.6 Å². The third kappa shape index (κ3) is 2.53. The van der Waals surface area contributed by atoms with Crippen molar-refractivity contribution >= 4 is 5.78 Å². The Hall–Kier alpha value is -2.13. The summed E-state index contributed by atoms with van der Waals surface area (Å²) in [5, 5.41) is 32.7. The second-order valence-electron chi connectivity index (χ2n) is 4.97. The van der Waals surface area contributed by atoms with Crippen LogP contribution in [0, 0.1) is 0 Å². The van der Waals surface area contributed by atoms with Crippen molar-refractivity contribution in [2.75, 3.05) is 6.61 Å². The van der Waals surface area contributed by atoms with Gasteiger partial charge in [-0.3, -0.25) is 4.79 Å². The van der Waals surface area contributed by atoms with Gasteiger partial charge in [-0.1, -0.05) is 30.3 Å². The highest BCUT2D eigenvalue weighted by Gasteiger charge is 2.44. The average molecular weight is 305 g/mol. The van der Waals surface area contributed by atoms with Crippen LogP contribution in [0.3, 0.4) is 0 Å². The third-order valence-electron chi connectivity index (χ3n) is 3.53. The van der Waals surface area contributed by atoms with Gasteiger partial charge < -0.3 is 20.1 Å². The number of aliphatic hydroxyl groups excluding tert-OH is 3. The van der Waals surface area contributed by atoms with Gasteiger partial charge in [-0.05, 0) is 0 Å². The molecule has 2 heterocycles. The first-order valence-electron chi connectivity index (χ1n) is 6.75. The fourth-order valence-electron chi connectivity index (χ4n) is 2.32. The predicted molar refractivity (Wildman–Crippen MR) is 72.9 cm³/mol. The smallest absolute Gasteiger partial charge is 0.232 e. The summed E-state index contributed by atoms with van der Waals surface area (Å²) < 4.78 is 6.49. The van der Waals surface area contributed by atoms with E-state index in [0.717, 1.165) is 0 Å². The number of carbonyl (C=O) groups is 1. The first kappa shape index (κ1) is 14.8. The van der Waals surface area contributed by atoms with Crippen LogP contribution in [0.5, 0.6) is 0 Å². The fourth-order valence-corrected chi connectivity index (χ4v) is 2.32. The van der Waals surface area contributed by atoms with Crippen LogP contribution in [-0.2, 0) is 4.74 Å². The number of hydrogen-bond acceptors (Lipinski definition) is 7. The first-order valence-corrected chi connectivity index (χ1v) is 6.75. The summed E-state index contributed by atoms with van der Waals surface area (Å²) in [5.74, 6) is -0.393. The number of aromatic nitrogens is 3. The molecule has 8 nitrogen and oxygen atoms in total. The Morgan fingerprint density at radius 2 is 1.95 bits per heavy atom. The quantitative estimate of drug-likeness (QED) is 0.628. The SMILES string of the molecule is O=C(c1ccccc1)c1ncn([C@@H]2O[C@H](CO)[C@H](O)C2O)n1. The van der Waals surface area contributed by atoms with Gasteiger partial charge in [0.2, 0.25) is 11.6 Å². The summed E-state index contributed by atoms with van der Waals surface area (Å²) in [6, 6.07) is 8.56. The lowest BCUT2D eigenvalue weighted by Gasteiger charge is -2.13. The van der Waals surface area contributed by atoms with Crippen molar-refractivity contribution in [3.63, 3.8) is 0 Å². The number of carbonyl (C=O) groups excluding carboxylic acids is 1. The van der Waals surface area contributed by atoms with Gasteiger partial charge in [0, 0.05) is 5.56 Å². The molecule has 0 bridgehead atoms. The lowest BCUT2D eigenvalue weighted by Crippen LogP contribution is -2.33. The number of hydrogen-bond donors (Lipinski definition) is 3. The van der Waals surface area contributed by atoms with Gasteiger partial charge in [-0.15, -0.1) is 5.10 Å². The lowest BCUT2D eigenvalue weighted by atomic mass is 10.1. The largest absolute Gasteiger partial charge is 0.394 e. The topological polar surface area (TPSA) is 118 Å². The second-order valence-corrected chi connectivity index (χ2v) is 4.97. The van der Waals surface area contributed by atoms with E-state index in [1.54, 1.807) is 30.3 Å². The summed E-state index contributed by atoms with van der Waals surface area (Å²) >= 11 is 0. The molecule has 1 aromatic heterocycles. The van der Waals surface area contributed by atoms with Crippen LogP contribution in [0.1, 0.15) is 22.4 Å². The van der Waals surface area contributed by atoms with E-state index in [-0.39, 0.29) is 11.6 Å². The zero-order valence-electron chi connectivity index (χ0n) is 11.5. The molecule has 0 spiro atoms. The number of aliphatic hydroxyl groups is 3. The molecule has 8 heteroatoms. The Kier molecular flexibility index (Phi) is 3.99. The highest BCUT2D eigenvalue weighted by molar-refractivity contribution is 6.06. The number of ketones is 1. The van der Waals surface area contributed by atoms with Crippen molar-refractivity contribution in [3.05, 3.63) is 48.0 Å². The minimum atomic E-state index is -1.27. The summed E-state index contributed by atoms with van der Waals surface area (Å²) in [7, 11) is 0. The Bertz CT molecular complexity index is 660. The van der Waals surface area contributed by atoms with Crippen molar-refractivity contribution in [1.82, 2.24) is 14.8 Å². The average Bonchev–Trinajstić information content (AvgIpc) is 3.14. The molecule has 22 heavy (non-hydrogen) atoms. The fraction of sp³-hybridized carbons (Fsp3) is 0.357. The van der Waals surface area contributed by atoms with Crippen molar-refractivity contribution in [2.45, 2.75) is 24.5 Å². The minimum Gasteiger partial charge on any atom is -0.394 e. The molecule has 0 radical (unpaired) electrons. The van der Waals surface area contributed by atoms with E-state index in [9.17, 15) is 15.0 Å². The standard InChI is InChI=1S/C14H15N3O5/c18-6-9-11(20)12(21)14(22-9)17-7-15-13(16-17)10(19)8-4-2-1-3-5-8/h1-5,7,9,11-12,14,18,20-21H,6H2/t9-,11+,12?,14-/m1/s1. The molecule has 4 atom stereocenters. The first-order chi connectivity index (χ1) is 10.6. The van der Waals surface area contributed by atoms with Gasteiger partial charge in [0.15, 0.2) is 6.23 Å². The Morgan fingerprint density at radius 3 is 2.59 bits per heavy atom. The molecule has 116 valence electrons.